The second-order valence-corrected chi connectivity index (χ2v) is 6.21. The first-order chi connectivity index (χ1) is 11.9. The Hall–Kier alpha value is -2.96. The number of hydrogen-bond acceptors (Lipinski definition) is 4. The van der Waals surface area contributed by atoms with Crippen LogP contribution in [0.25, 0.3) is 0 Å². The molecule has 1 atom stereocenters. The Morgan fingerprint density at radius 1 is 1.28 bits per heavy atom. The SMILES string of the molecule is CC(C)[C@@H]1Oc2cc([N+](=O)[O-])ccc2N(Cc2ccccc2F)C1=O. The van der Waals surface area contributed by atoms with E-state index in [-0.39, 0.29) is 29.8 Å². The van der Waals surface area contributed by atoms with Crippen LogP contribution in [0, 0.1) is 21.8 Å². The minimum Gasteiger partial charge on any atom is -0.478 e. The normalized spacial score (nSPS) is 16.6. The Morgan fingerprint density at radius 2 is 2.00 bits per heavy atom. The number of non-ortho nitro benzene ring substituents is 1. The summed E-state index contributed by atoms with van der Waals surface area (Å²) in [5.41, 5.74) is 0.641. The Labute approximate surface area is 144 Å². The van der Waals surface area contributed by atoms with Gasteiger partial charge in [0.1, 0.15) is 5.82 Å². The first kappa shape index (κ1) is 16.9. The second-order valence-electron chi connectivity index (χ2n) is 6.21. The van der Waals surface area contributed by atoms with Crippen molar-refractivity contribution in [2.24, 2.45) is 5.92 Å². The zero-order valence-corrected chi connectivity index (χ0v) is 13.8. The molecule has 1 heterocycles. The third-order valence-corrected chi connectivity index (χ3v) is 4.10. The maximum Gasteiger partial charge on any atom is 0.273 e. The van der Waals surface area contributed by atoms with E-state index in [4.69, 9.17) is 4.74 Å². The molecule has 1 amide bonds. The molecule has 0 saturated heterocycles. The number of nitro benzene ring substituents is 1. The standard InChI is InChI=1S/C18H17FN2O4/c1-11(2)17-18(22)20(10-12-5-3-4-6-14(12)19)15-8-7-13(21(23)24)9-16(15)25-17/h3-9,11,17H,10H2,1-2H3/t17-/m0/s1. The van der Waals surface area contributed by atoms with Crippen molar-refractivity contribution in [1.82, 2.24) is 0 Å². The molecule has 2 aromatic carbocycles. The van der Waals surface area contributed by atoms with Gasteiger partial charge >= 0.3 is 0 Å². The maximum absolute atomic E-state index is 14.0. The summed E-state index contributed by atoms with van der Waals surface area (Å²) in [7, 11) is 0. The molecule has 0 spiro atoms. The number of anilines is 1. The van der Waals surface area contributed by atoms with E-state index in [0.717, 1.165) is 0 Å². The van der Waals surface area contributed by atoms with Crippen LogP contribution in [0.3, 0.4) is 0 Å². The molecule has 0 bridgehead atoms. The molecule has 130 valence electrons. The van der Waals surface area contributed by atoms with Crippen LogP contribution >= 0.6 is 0 Å². The lowest BCUT2D eigenvalue weighted by Crippen LogP contribution is -2.48. The fourth-order valence-electron chi connectivity index (χ4n) is 2.77. The van der Waals surface area contributed by atoms with E-state index in [9.17, 15) is 19.3 Å². The van der Waals surface area contributed by atoms with Crippen molar-refractivity contribution in [2.75, 3.05) is 4.90 Å². The summed E-state index contributed by atoms with van der Waals surface area (Å²) in [6.07, 6.45) is -0.777. The molecule has 0 aliphatic carbocycles. The summed E-state index contributed by atoms with van der Waals surface area (Å²) in [6.45, 7) is 3.68. The van der Waals surface area contributed by atoms with Gasteiger partial charge in [0.15, 0.2) is 11.9 Å². The number of ether oxygens (including phenoxy) is 1. The molecule has 0 radical (unpaired) electrons. The zero-order valence-electron chi connectivity index (χ0n) is 13.8. The Morgan fingerprint density at radius 3 is 2.64 bits per heavy atom. The van der Waals surface area contributed by atoms with Crippen LogP contribution in [0.15, 0.2) is 42.5 Å². The minimum absolute atomic E-state index is 0.0307. The fourth-order valence-corrected chi connectivity index (χ4v) is 2.77. The Kier molecular flexibility index (Phi) is 4.39. The molecule has 0 saturated carbocycles. The number of fused-ring (bicyclic) bond motifs is 1. The van der Waals surface area contributed by atoms with Crippen LogP contribution in [0.5, 0.6) is 5.75 Å². The van der Waals surface area contributed by atoms with E-state index in [1.807, 2.05) is 13.8 Å². The van der Waals surface area contributed by atoms with Crippen molar-refractivity contribution >= 4 is 17.3 Å². The third-order valence-electron chi connectivity index (χ3n) is 4.10. The molecule has 0 aromatic heterocycles. The smallest absolute Gasteiger partial charge is 0.273 e. The molecule has 6 nitrogen and oxygen atoms in total. The highest BCUT2D eigenvalue weighted by molar-refractivity contribution is 6.00. The Bertz CT molecular complexity index is 838. The number of nitro groups is 1. The number of amides is 1. The first-order valence-electron chi connectivity index (χ1n) is 7.88. The van der Waals surface area contributed by atoms with E-state index >= 15 is 0 Å². The molecule has 0 unspecified atom stereocenters. The van der Waals surface area contributed by atoms with Crippen LogP contribution < -0.4 is 9.64 Å². The van der Waals surface area contributed by atoms with Crippen molar-refractivity contribution < 1.29 is 18.8 Å². The predicted octanol–water partition coefficient (Wildman–Crippen LogP) is 3.68. The van der Waals surface area contributed by atoms with Gasteiger partial charge in [-0.1, -0.05) is 32.0 Å². The highest BCUT2D eigenvalue weighted by atomic mass is 19.1. The van der Waals surface area contributed by atoms with Crippen molar-refractivity contribution in [3.8, 4) is 5.75 Å². The molecule has 3 rings (SSSR count). The lowest BCUT2D eigenvalue weighted by Gasteiger charge is -2.36. The van der Waals surface area contributed by atoms with Crippen molar-refractivity contribution in [3.05, 3.63) is 64.0 Å². The van der Waals surface area contributed by atoms with Gasteiger partial charge in [0.25, 0.3) is 11.6 Å². The topological polar surface area (TPSA) is 72.7 Å². The minimum atomic E-state index is -0.777. The highest BCUT2D eigenvalue weighted by Gasteiger charge is 2.37. The molecule has 25 heavy (non-hydrogen) atoms. The van der Waals surface area contributed by atoms with Crippen molar-refractivity contribution in [3.63, 3.8) is 0 Å². The van der Waals surface area contributed by atoms with Gasteiger partial charge in [0.05, 0.1) is 23.2 Å². The fraction of sp³-hybridized carbons (Fsp3) is 0.278. The highest BCUT2D eigenvalue weighted by Crippen LogP contribution is 2.39. The summed E-state index contributed by atoms with van der Waals surface area (Å²) in [5, 5.41) is 11.0. The van der Waals surface area contributed by atoms with Crippen LogP contribution in [-0.4, -0.2) is 16.9 Å². The summed E-state index contributed by atoms with van der Waals surface area (Å²) < 4.78 is 19.7. The number of hydrogen-bond donors (Lipinski definition) is 0. The largest absolute Gasteiger partial charge is 0.478 e. The van der Waals surface area contributed by atoms with E-state index < -0.39 is 16.8 Å². The third kappa shape index (κ3) is 3.17. The average Bonchev–Trinajstić information content (AvgIpc) is 2.58. The quantitative estimate of drug-likeness (QED) is 0.626. The number of nitrogens with zero attached hydrogens (tertiary/aromatic N) is 2. The number of rotatable bonds is 4. The van der Waals surface area contributed by atoms with Gasteiger partial charge in [0, 0.05) is 11.6 Å². The lowest BCUT2D eigenvalue weighted by molar-refractivity contribution is -0.384. The van der Waals surface area contributed by atoms with Gasteiger partial charge in [-0.2, -0.15) is 0 Å². The molecule has 7 heteroatoms. The first-order valence-corrected chi connectivity index (χ1v) is 7.88. The van der Waals surface area contributed by atoms with E-state index in [2.05, 4.69) is 0 Å². The van der Waals surface area contributed by atoms with Gasteiger partial charge < -0.3 is 9.64 Å². The van der Waals surface area contributed by atoms with Gasteiger partial charge in [0.2, 0.25) is 0 Å². The molecular weight excluding hydrogens is 327 g/mol. The van der Waals surface area contributed by atoms with Crippen molar-refractivity contribution in [2.45, 2.75) is 26.5 Å². The second kappa shape index (κ2) is 6.51. The van der Waals surface area contributed by atoms with Gasteiger partial charge in [-0.25, -0.2) is 4.39 Å². The van der Waals surface area contributed by atoms with E-state index in [0.29, 0.717) is 11.3 Å². The summed E-state index contributed by atoms with van der Waals surface area (Å²) in [6, 6.07) is 10.3. The van der Waals surface area contributed by atoms with Crippen LogP contribution in [0.4, 0.5) is 15.8 Å². The zero-order chi connectivity index (χ0) is 18.1. The molecule has 1 aliphatic rings. The molecular formula is C18H17FN2O4. The number of carbonyl (C=O) groups excluding carboxylic acids is 1. The van der Waals surface area contributed by atoms with Gasteiger partial charge in [-0.3, -0.25) is 14.9 Å². The summed E-state index contributed by atoms with van der Waals surface area (Å²) in [4.78, 5) is 24.7. The average molecular weight is 344 g/mol. The monoisotopic (exact) mass is 344 g/mol. The lowest BCUT2D eigenvalue weighted by atomic mass is 10.0. The van der Waals surface area contributed by atoms with E-state index in [1.54, 1.807) is 18.2 Å². The van der Waals surface area contributed by atoms with Crippen molar-refractivity contribution in [1.29, 1.82) is 0 Å². The van der Waals surface area contributed by atoms with Crippen LogP contribution in [-0.2, 0) is 11.3 Å². The molecule has 2 aromatic rings. The predicted molar refractivity (Wildman–Crippen MR) is 89.9 cm³/mol. The summed E-state index contributed by atoms with van der Waals surface area (Å²) in [5.74, 6) is -0.585. The number of benzene rings is 2. The number of halogens is 1. The Balaban J connectivity index is 2.05. The van der Waals surface area contributed by atoms with E-state index in [1.165, 1.54) is 29.2 Å². The number of carbonyl (C=O) groups is 1. The molecule has 0 N–H and O–H groups in total. The van der Waals surface area contributed by atoms with Crippen LogP contribution in [0.1, 0.15) is 19.4 Å². The summed E-state index contributed by atoms with van der Waals surface area (Å²) >= 11 is 0. The van der Waals surface area contributed by atoms with Gasteiger partial charge in [-0.05, 0) is 18.1 Å². The van der Waals surface area contributed by atoms with Crippen LogP contribution in [0.2, 0.25) is 0 Å². The maximum atomic E-state index is 14.0. The molecule has 1 aliphatic heterocycles. The van der Waals surface area contributed by atoms with Gasteiger partial charge in [-0.15, -0.1) is 0 Å². The molecule has 0 fully saturated rings.